The predicted molar refractivity (Wildman–Crippen MR) is 101 cm³/mol. The SMILES string of the molecule is CCNC(=NCc1ccc(C)s1)NCCN1CCN(C(C)=O)CC1. The number of guanidine groups is 1. The smallest absolute Gasteiger partial charge is 0.219 e. The normalized spacial score (nSPS) is 16.3. The van der Waals surface area contributed by atoms with Crippen molar-refractivity contribution >= 4 is 23.2 Å². The van der Waals surface area contributed by atoms with Gasteiger partial charge in [-0.15, -0.1) is 11.3 Å². The van der Waals surface area contributed by atoms with Crippen LogP contribution < -0.4 is 10.6 Å². The van der Waals surface area contributed by atoms with E-state index in [0.29, 0.717) is 6.54 Å². The minimum atomic E-state index is 0.179. The lowest BCUT2D eigenvalue weighted by atomic mass is 10.3. The molecule has 0 bridgehead atoms. The van der Waals surface area contributed by atoms with Crippen LogP contribution in [0.2, 0.25) is 0 Å². The first kappa shape index (κ1) is 18.7. The van der Waals surface area contributed by atoms with Gasteiger partial charge in [-0.3, -0.25) is 9.69 Å². The fourth-order valence-corrected chi connectivity index (χ4v) is 3.50. The van der Waals surface area contributed by atoms with Crippen molar-refractivity contribution < 1.29 is 4.79 Å². The first-order chi connectivity index (χ1) is 11.6. The number of hydrogen-bond donors (Lipinski definition) is 2. The van der Waals surface area contributed by atoms with Gasteiger partial charge in [-0.2, -0.15) is 0 Å². The monoisotopic (exact) mass is 351 g/mol. The molecule has 6 nitrogen and oxygen atoms in total. The number of carbonyl (C=O) groups is 1. The van der Waals surface area contributed by atoms with Crippen LogP contribution in [0.1, 0.15) is 23.6 Å². The van der Waals surface area contributed by atoms with Gasteiger partial charge >= 0.3 is 0 Å². The van der Waals surface area contributed by atoms with E-state index >= 15 is 0 Å². The second-order valence-electron chi connectivity index (χ2n) is 5.98. The molecule has 0 radical (unpaired) electrons. The number of carbonyl (C=O) groups excluding carboxylic acids is 1. The van der Waals surface area contributed by atoms with E-state index in [-0.39, 0.29) is 5.91 Å². The van der Waals surface area contributed by atoms with Gasteiger partial charge in [-0.05, 0) is 26.0 Å². The molecule has 2 rings (SSSR count). The number of piperazine rings is 1. The van der Waals surface area contributed by atoms with E-state index in [0.717, 1.165) is 51.8 Å². The average molecular weight is 352 g/mol. The number of hydrogen-bond acceptors (Lipinski definition) is 4. The van der Waals surface area contributed by atoms with Crippen molar-refractivity contribution in [1.29, 1.82) is 0 Å². The summed E-state index contributed by atoms with van der Waals surface area (Å²) in [5.74, 6) is 1.05. The van der Waals surface area contributed by atoms with Crippen LogP contribution in [0.4, 0.5) is 0 Å². The molecule has 134 valence electrons. The van der Waals surface area contributed by atoms with E-state index in [4.69, 9.17) is 0 Å². The Bertz CT molecular complexity index is 549. The molecule has 0 aromatic carbocycles. The van der Waals surface area contributed by atoms with E-state index in [1.807, 2.05) is 4.90 Å². The summed E-state index contributed by atoms with van der Waals surface area (Å²) in [5.41, 5.74) is 0. The van der Waals surface area contributed by atoms with Crippen molar-refractivity contribution in [1.82, 2.24) is 20.4 Å². The van der Waals surface area contributed by atoms with Crippen LogP contribution in [-0.2, 0) is 11.3 Å². The van der Waals surface area contributed by atoms with Crippen LogP contribution in [-0.4, -0.2) is 67.5 Å². The van der Waals surface area contributed by atoms with Gasteiger partial charge < -0.3 is 15.5 Å². The predicted octanol–water partition coefficient (Wildman–Crippen LogP) is 1.28. The maximum atomic E-state index is 11.3. The highest BCUT2D eigenvalue weighted by Gasteiger charge is 2.17. The maximum Gasteiger partial charge on any atom is 0.219 e. The quantitative estimate of drug-likeness (QED) is 0.599. The van der Waals surface area contributed by atoms with E-state index in [1.165, 1.54) is 9.75 Å². The molecule has 0 spiro atoms. The van der Waals surface area contributed by atoms with Crippen molar-refractivity contribution in [3.05, 3.63) is 21.9 Å². The topological polar surface area (TPSA) is 60.0 Å². The third kappa shape index (κ3) is 6.13. The molecule has 1 aliphatic heterocycles. The molecule has 1 fully saturated rings. The number of aliphatic imine (C=N–C) groups is 1. The average Bonchev–Trinajstić information content (AvgIpc) is 2.98. The molecule has 24 heavy (non-hydrogen) atoms. The maximum absolute atomic E-state index is 11.3. The van der Waals surface area contributed by atoms with Crippen molar-refractivity contribution in [2.75, 3.05) is 45.8 Å². The highest BCUT2D eigenvalue weighted by atomic mass is 32.1. The molecular weight excluding hydrogens is 322 g/mol. The lowest BCUT2D eigenvalue weighted by Crippen LogP contribution is -2.50. The Hall–Kier alpha value is -1.60. The zero-order valence-corrected chi connectivity index (χ0v) is 15.8. The van der Waals surface area contributed by atoms with Crippen molar-refractivity contribution in [2.45, 2.75) is 27.3 Å². The lowest BCUT2D eigenvalue weighted by molar-refractivity contribution is -0.130. The molecule has 1 aromatic heterocycles. The van der Waals surface area contributed by atoms with Gasteiger partial charge in [-0.25, -0.2) is 4.99 Å². The van der Waals surface area contributed by atoms with E-state index < -0.39 is 0 Å². The Morgan fingerprint density at radius 1 is 1.25 bits per heavy atom. The zero-order chi connectivity index (χ0) is 17.4. The summed E-state index contributed by atoms with van der Waals surface area (Å²) in [7, 11) is 0. The fraction of sp³-hybridized carbons (Fsp3) is 0.647. The third-order valence-electron chi connectivity index (χ3n) is 4.07. The Morgan fingerprint density at radius 2 is 2.00 bits per heavy atom. The van der Waals surface area contributed by atoms with Crippen molar-refractivity contribution in [3.63, 3.8) is 0 Å². The molecule has 2 N–H and O–H groups in total. The molecule has 1 amide bonds. The van der Waals surface area contributed by atoms with Crippen LogP contribution in [0.5, 0.6) is 0 Å². The molecule has 0 aliphatic carbocycles. The number of amides is 1. The summed E-state index contributed by atoms with van der Waals surface area (Å²) in [6.07, 6.45) is 0. The summed E-state index contributed by atoms with van der Waals surface area (Å²) < 4.78 is 0. The second kappa shape index (κ2) is 9.64. The summed E-state index contributed by atoms with van der Waals surface area (Å²) >= 11 is 1.79. The Kier molecular flexibility index (Phi) is 7.52. The summed E-state index contributed by atoms with van der Waals surface area (Å²) in [6, 6.07) is 4.28. The number of nitrogens with one attached hydrogen (secondary N) is 2. The molecule has 0 saturated carbocycles. The fourth-order valence-electron chi connectivity index (χ4n) is 2.69. The van der Waals surface area contributed by atoms with Gasteiger partial charge in [0, 0.05) is 62.5 Å². The standard InChI is InChI=1S/C17H29N5OS/c1-4-18-17(20-13-16-6-5-14(2)24-16)19-7-8-21-9-11-22(12-10-21)15(3)23/h5-6H,4,7-13H2,1-3H3,(H2,18,19,20). The van der Waals surface area contributed by atoms with Crippen molar-refractivity contribution in [2.24, 2.45) is 4.99 Å². The van der Waals surface area contributed by atoms with Gasteiger partial charge in [0.15, 0.2) is 5.96 Å². The zero-order valence-electron chi connectivity index (χ0n) is 15.0. The minimum absolute atomic E-state index is 0.179. The first-order valence-corrected chi connectivity index (χ1v) is 9.45. The highest BCUT2D eigenvalue weighted by Crippen LogP contribution is 2.15. The molecule has 1 aromatic rings. The van der Waals surface area contributed by atoms with Gasteiger partial charge in [0.25, 0.3) is 0 Å². The summed E-state index contributed by atoms with van der Waals surface area (Å²) in [4.78, 5) is 22.9. The lowest BCUT2D eigenvalue weighted by Gasteiger charge is -2.34. The summed E-state index contributed by atoms with van der Waals surface area (Å²) in [5, 5.41) is 6.69. The van der Waals surface area contributed by atoms with Crippen LogP contribution in [0.25, 0.3) is 0 Å². The molecule has 1 saturated heterocycles. The number of rotatable bonds is 6. The van der Waals surface area contributed by atoms with Gasteiger partial charge in [0.1, 0.15) is 0 Å². The first-order valence-electron chi connectivity index (χ1n) is 8.64. The van der Waals surface area contributed by atoms with Gasteiger partial charge in [0.2, 0.25) is 5.91 Å². The Morgan fingerprint density at radius 3 is 2.58 bits per heavy atom. The second-order valence-corrected chi connectivity index (χ2v) is 7.35. The molecular formula is C17H29N5OS. The van der Waals surface area contributed by atoms with Crippen LogP contribution in [0, 0.1) is 6.92 Å². The Labute approximate surface area is 148 Å². The molecule has 0 atom stereocenters. The van der Waals surface area contributed by atoms with Gasteiger partial charge in [-0.1, -0.05) is 0 Å². The minimum Gasteiger partial charge on any atom is -0.357 e. The van der Waals surface area contributed by atoms with Crippen LogP contribution in [0.15, 0.2) is 17.1 Å². The highest BCUT2D eigenvalue weighted by molar-refractivity contribution is 7.11. The van der Waals surface area contributed by atoms with Gasteiger partial charge in [0.05, 0.1) is 6.54 Å². The number of thiophene rings is 1. The Balaban J connectivity index is 1.72. The molecule has 1 aliphatic rings. The van der Waals surface area contributed by atoms with Crippen LogP contribution >= 0.6 is 11.3 Å². The van der Waals surface area contributed by atoms with Crippen molar-refractivity contribution in [3.8, 4) is 0 Å². The largest absolute Gasteiger partial charge is 0.357 e. The molecule has 0 unspecified atom stereocenters. The summed E-state index contributed by atoms with van der Waals surface area (Å²) in [6.45, 7) is 12.8. The molecule has 7 heteroatoms. The molecule has 2 heterocycles. The third-order valence-corrected chi connectivity index (χ3v) is 5.06. The van der Waals surface area contributed by atoms with Crippen LogP contribution in [0.3, 0.4) is 0 Å². The van der Waals surface area contributed by atoms with E-state index in [1.54, 1.807) is 18.3 Å². The number of aryl methyl sites for hydroxylation is 1. The van der Waals surface area contributed by atoms with E-state index in [2.05, 4.69) is 46.5 Å². The number of nitrogens with zero attached hydrogens (tertiary/aromatic N) is 3. The van der Waals surface area contributed by atoms with E-state index in [9.17, 15) is 4.79 Å².